The lowest BCUT2D eigenvalue weighted by Gasteiger charge is -2.05. The van der Waals surface area contributed by atoms with Crippen LogP contribution >= 0.6 is 0 Å². The third kappa shape index (κ3) is 2.83. The predicted molar refractivity (Wildman–Crippen MR) is 86.8 cm³/mol. The minimum Gasteiger partial charge on any atom is -0.453 e. The molecule has 0 unspecified atom stereocenters. The summed E-state index contributed by atoms with van der Waals surface area (Å²) in [7, 11) is 0. The van der Waals surface area contributed by atoms with E-state index in [-0.39, 0.29) is 29.5 Å². The SMILES string of the molecule is Cc1c(C(=O)CNc2ccccc2[N+](=O)[O-])oc2ccc(F)cc12. The van der Waals surface area contributed by atoms with Gasteiger partial charge in [-0.1, -0.05) is 12.1 Å². The number of hydrogen-bond donors (Lipinski definition) is 1. The van der Waals surface area contributed by atoms with E-state index in [1.165, 1.54) is 30.3 Å². The van der Waals surface area contributed by atoms with Gasteiger partial charge in [-0.05, 0) is 31.2 Å². The van der Waals surface area contributed by atoms with Crippen LogP contribution in [0.3, 0.4) is 0 Å². The summed E-state index contributed by atoms with van der Waals surface area (Å²) in [5.41, 5.74) is 1.09. The van der Waals surface area contributed by atoms with Gasteiger partial charge in [0.2, 0.25) is 5.78 Å². The number of nitrogens with one attached hydrogen (secondary N) is 1. The van der Waals surface area contributed by atoms with Crippen molar-refractivity contribution < 1.29 is 18.5 Å². The lowest BCUT2D eigenvalue weighted by Crippen LogP contribution is -2.15. The molecule has 0 saturated heterocycles. The van der Waals surface area contributed by atoms with Crippen LogP contribution in [0.25, 0.3) is 11.0 Å². The number of aryl methyl sites for hydroxylation is 1. The molecule has 1 aromatic heterocycles. The third-order valence-corrected chi connectivity index (χ3v) is 3.69. The molecular formula is C17H13FN2O4. The van der Waals surface area contributed by atoms with Gasteiger partial charge in [-0.3, -0.25) is 14.9 Å². The van der Waals surface area contributed by atoms with Gasteiger partial charge in [-0.15, -0.1) is 0 Å². The minimum absolute atomic E-state index is 0.113. The molecule has 0 bridgehead atoms. The molecule has 0 amide bonds. The van der Waals surface area contributed by atoms with Crippen LogP contribution in [0.5, 0.6) is 0 Å². The van der Waals surface area contributed by atoms with Crippen molar-refractivity contribution in [3.8, 4) is 0 Å². The van der Waals surface area contributed by atoms with Crippen LogP contribution in [0.4, 0.5) is 15.8 Å². The summed E-state index contributed by atoms with van der Waals surface area (Å²) in [4.78, 5) is 22.8. The van der Waals surface area contributed by atoms with Gasteiger partial charge in [0.1, 0.15) is 17.1 Å². The molecule has 0 aliphatic heterocycles. The summed E-state index contributed by atoms with van der Waals surface area (Å²) in [6.45, 7) is 1.50. The Morgan fingerprint density at radius 2 is 2.04 bits per heavy atom. The number of benzene rings is 2. The van der Waals surface area contributed by atoms with Gasteiger partial charge >= 0.3 is 0 Å². The molecule has 3 aromatic rings. The van der Waals surface area contributed by atoms with Crippen LogP contribution in [0.1, 0.15) is 16.1 Å². The molecule has 0 saturated carbocycles. The Morgan fingerprint density at radius 3 is 2.79 bits per heavy atom. The van der Waals surface area contributed by atoms with Crippen molar-refractivity contribution in [1.29, 1.82) is 0 Å². The molecule has 0 fully saturated rings. The smallest absolute Gasteiger partial charge is 0.292 e. The first-order valence-electron chi connectivity index (χ1n) is 7.16. The van der Waals surface area contributed by atoms with E-state index in [0.717, 1.165) is 0 Å². The second-order valence-corrected chi connectivity index (χ2v) is 5.25. The summed E-state index contributed by atoms with van der Waals surface area (Å²) in [6, 6.07) is 10.1. The summed E-state index contributed by atoms with van der Waals surface area (Å²) in [6.07, 6.45) is 0. The summed E-state index contributed by atoms with van der Waals surface area (Å²) >= 11 is 0. The number of para-hydroxylation sites is 2. The van der Waals surface area contributed by atoms with Crippen LogP contribution < -0.4 is 5.32 Å². The molecule has 6 nitrogen and oxygen atoms in total. The van der Waals surface area contributed by atoms with Crippen LogP contribution in [-0.4, -0.2) is 17.3 Å². The first-order chi connectivity index (χ1) is 11.5. The molecule has 0 spiro atoms. The zero-order valence-corrected chi connectivity index (χ0v) is 12.7. The standard InChI is InChI=1S/C17H13FN2O4/c1-10-12-8-11(18)6-7-16(12)24-17(10)15(21)9-19-13-4-2-3-5-14(13)20(22)23/h2-8,19H,9H2,1H3. The normalized spacial score (nSPS) is 10.8. The maximum atomic E-state index is 13.3. The molecule has 0 aliphatic carbocycles. The largest absolute Gasteiger partial charge is 0.453 e. The predicted octanol–water partition coefficient (Wildman–Crippen LogP) is 4.08. The molecule has 0 aliphatic rings. The Kier molecular flexibility index (Phi) is 3.99. The Hall–Kier alpha value is -3.22. The van der Waals surface area contributed by atoms with E-state index in [1.54, 1.807) is 19.1 Å². The van der Waals surface area contributed by atoms with Gasteiger partial charge < -0.3 is 9.73 Å². The number of nitrogens with zero attached hydrogens (tertiary/aromatic N) is 1. The maximum absolute atomic E-state index is 13.3. The van der Waals surface area contributed by atoms with Crippen molar-refractivity contribution in [3.63, 3.8) is 0 Å². The monoisotopic (exact) mass is 328 g/mol. The average molecular weight is 328 g/mol. The highest BCUT2D eigenvalue weighted by molar-refractivity contribution is 6.02. The molecule has 1 N–H and O–H groups in total. The van der Waals surface area contributed by atoms with E-state index in [4.69, 9.17) is 4.42 Å². The fourth-order valence-electron chi connectivity index (χ4n) is 2.50. The van der Waals surface area contributed by atoms with E-state index in [0.29, 0.717) is 16.5 Å². The van der Waals surface area contributed by atoms with Crippen molar-refractivity contribution in [2.75, 3.05) is 11.9 Å². The Morgan fingerprint density at radius 1 is 1.29 bits per heavy atom. The average Bonchev–Trinajstić information content (AvgIpc) is 2.89. The molecule has 2 aromatic carbocycles. The quantitative estimate of drug-likeness (QED) is 0.433. The van der Waals surface area contributed by atoms with Crippen LogP contribution in [0.2, 0.25) is 0 Å². The number of furan rings is 1. The Labute approximate surface area is 136 Å². The molecule has 24 heavy (non-hydrogen) atoms. The van der Waals surface area contributed by atoms with Crippen molar-refractivity contribution in [2.24, 2.45) is 0 Å². The van der Waals surface area contributed by atoms with Crippen molar-refractivity contribution in [3.05, 3.63) is 69.7 Å². The topological polar surface area (TPSA) is 85.4 Å². The fraction of sp³-hybridized carbons (Fsp3) is 0.118. The van der Waals surface area contributed by atoms with E-state index in [1.807, 2.05) is 0 Å². The van der Waals surface area contributed by atoms with Gasteiger partial charge in [0.25, 0.3) is 5.69 Å². The molecular weight excluding hydrogens is 315 g/mol. The summed E-state index contributed by atoms with van der Waals surface area (Å²) in [5.74, 6) is -0.674. The Bertz CT molecular complexity index is 949. The number of fused-ring (bicyclic) bond motifs is 1. The fourth-order valence-corrected chi connectivity index (χ4v) is 2.50. The van der Waals surface area contributed by atoms with Gasteiger partial charge in [0.15, 0.2) is 5.76 Å². The number of halogens is 1. The van der Waals surface area contributed by atoms with Gasteiger partial charge in [-0.2, -0.15) is 0 Å². The molecule has 0 atom stereocenters. The number of Topliss-reactive ketones (excluding diaryl/α,β-unsaturated/α-hetero) is 1. The van der Waals surface area contributed by atoms with Gasteiger partial charge in [-0.25, -0.2) is 4.39 Å². The number of nitro benzene ring substituents is 1. The maximum Gasteiger partial charge on any atom is 0.292 e. The van der Waals surface area contributed by atoms with Gasteiger partial charge in [0, 0.05) is 17.0 Å². The van der Waals surface area contributed by atoms with Crippen LogP contribution in [-0.2, 0) is 0 Å². The lowest BCUT2D eigenvalue weighted by atomic mass is 10.1. The molecule has 122 valence electrons. The molecule has 3 rings (SSSR count). The number of nitro groups is 1. The molecule has 7 heteroatoms. The summed E-state index contributed by atoms with van der Waals surface area (Å²) in [5, 5.41) is 14.2. The first kappa shape index (κ1) is 15.7. The second-order valence-electron chi connectivity index (χ2n) is 5.25. The molecule has 0 radical (unpaired) electrons. The lowest BCUT2D eigenvalue weighted by molar-refractivity contribution is -0.383. The highest BCUT2D eigenvalue weighted by Crippen LogP contribution is 2.27. The number of carbonyl (C=O) groups is 1. The van der Waals surface area contributed by atoms with Crippen molar-refractivity contribution >= 4 is 28.1 Å². The van der Waals surface area contributed by atoms with Crippen LogP contribution in [0, 0.1) is 22.9 Å². The third-order valence-electron chi connectivity index (χ3n) is 3.69. The highest BCUT2D eigenvalue weighted by Gasteiger charge is 2.19. The first-order valence-corrected chi connectivity index (χ1v) is 7.16. The van der Waals surface area contributed by atoms with Crippen molar-refractivity contribution in [2.45, 2.75) is 6.92 Å². The summed E-state index contributed by atoms with van der Waals surface area (Å²) < 4.78 is 18.8. The number of rotatable bonds is 5. The van der Waals surface area contributed by atoms with E-state index < -0.39 is 10.7 Å². The zero-order valence-electron chi connectivity index (χ0n) is 12.7. The van der Waals surface area contributed by atoms with Crippen molar-refractivity contribution in [1.82, 2.24) is 0 Å². The van der Waals surface area contributed by atoms with E-state index in [2.05, 4.69) is 5.32 Å². The van der Waals surface area contributed by atoms with E-state index in [9.17, 15) is 19.3 Å². The van der Waals surface area contributed by atoms with Crippen LogP contribution in [0.15, 0.2) is 46.9 Å². The Balaban J connectivity index is 1.84. The number of ketones is 1. The minimum atomic E-state index is -0.526. The number of hydrogen-bond acceptors (Lipinski definition) is 5. The number of carbonyl (C=O) groups excluding carboxylic acids is 1. The zero-order chi connectivity index (χ0) is 17.3. The van der Waals surface area contributed by atoms with E-state index >= 15 is 0 Å². The second kappa shape index (κ2) is 6.11. The highest BCUT2D eigenvalue weighted by atomic mass is 19.1. The number of anilines is 1. The van der Waals surface area contributed by atoms with Gasteiger partial charge in [0.05, 0.1) is 11.5 Å². The molecule has 1 heterocycles.